The van der Waals surface area contributed by atoms with E-state index in [9.17, 15) is 14.4 Å². The number of anilines is 1. The van der Waals surface area contributed by atoms with Gasteiger partial charge in [0.1, 0.15) is 11.4 Å². The van der Waals surface area contributed by atoms with Crippen LogP contribution in [-0.4, -0.2) is 24.5 Å². The van der Waals surface area contributed by atoms with Crippen molar-refractivity contribution in [2.45, 2.75) is 6.92 Å². The molecule has 27 heavy (non-hydrogen) atoms. The first-order valence-corrected chi connectivity index (χ1v) is 8.83. The smallest absolute Gasteiger partial charge is 0.326 e. The van der Waals surface area contributed by atoms with Gasteiger partial charge in [-0.25, -0.2) is 4.79 Å². The zero-order chi connectivity index (χ0) is 19.4. The normalized spacial score (nSPS) is 14.7. The molecule has 1 saturated heterocycles. The topological polar surface area (TPSA) is 96.5 Å². The summed E-state index contributed by atoms with van der Waals surface area (Å²) in [5, 5.41) is 7.30. The molecule has 1 fully saturated rings. The van der Waals surface area contributed by atoms with Gasteiger partial charge in [-0.05, 0) is 58.8 Å². The van der Waals surface area contributed by atoms with Crippen LogP contribution in [0.25, 0.3) is 6.08 Å². The van der Waals surface area contributed by atoms with E-state index < -0.39 is 11.9 Å². The first kappa shape index (κ1) is 18.7. The van der Waals surface area contributed by atoms with Gasteiger partial charge in [0.2, 0.25) is 0 Å². The maximum atomic E-state index is 12.0. The third kappa shape index (κ3) is 4.95. The van der Waals surface area contributed by atoms with Crippen molar-refractivity contribution < 1.29 is 19.1 Å². The predicted molar refractivity (Wildman–Crippen MR) is 104 cm³/mol. The first-order valence-electron chi connectivity index (χ1n) is 8.03. The molecule has 3 rings (SSSR count). The molecular formula is C19H16BrN3O4. The number of nitrogens with one attached hydrogen (secondary N) is 3. The molecule has 0 bridgehead atoms. The Hall–Kier alpha value is -3.13. The molecule has 3 N–H and O–H groups in total. The lowest BCUT2D eigenvalue weighted by Crippen LogP contribution is -2.22. The molecule has 0 atom stereocenters. The average molecular weight is 430 g/mol. The quantitative estimate of drug-likeness (QED) is 0.502. The Morgan fingerprint density at radius 2 is 1.89 bits per heavy atom. The second-order valence-corrected chi connectivity index (χ2v) is 6.71. The van der Waals surface area contributed by atoms with Gasteiger partial charge in [-0.2, -0.15) is 0 Å². The molecule has 1 aliphatic rings. The fourth-order valence-electron chi connectivity index (χ4n) is 2.35. The summed E-state index contributed by atoms with van der Waals surface area (Å²) in [4.78, 5) is 34.7. The Kier molecular flexibility index (Phi) is 5.56. The Balaban J connectivity index is 1.60. The first-order chi connectivity index (χ1) is 12.9. The van der Waals surface area contributed by atoms with Crippen LogP contribution in [0.15, 0.2) is 52.6 Å². The summed E-state index contributed by atoms with van der Waals surface area (Å²) in [5.41, 5.74) is 2.66. The molecule has 0 saturated carbocycles. The van der Waals surface area contributed by atoms with E-state index in [2.05, 4.69) is 31.9 Å². The van der Waals surface area contributed by atoms with Crippen molar-refractivity contribution in [3.05, 3.63) is 63.8 Å². The highest BCUT2D eigenvalue weighted by atomic mass is 79.9. The minimum atomic E-state index is -0.551. The summed E-state index contributed by atoms with van der Waals surface area (Å²) >= 11 is 3.37. The molecular weight excluding hydrogens is 414 g/mol. The number of carbonyl (C=O) groups is 3. The second-order valence-electron chi connectivity index (χ2n) is 5.86. The van der Waals surface area contributed by atoms with Crippen LogP contribution in [0.3, 0.4) is 0 Å². The highest BCUT2D eigenvalue weighted by Crippen LogP contribution is 2.27. The van der Waals surface area contributed by atoms with Gasteiger partial charge in [-0.3, -0.25) is 14.9 Å². The van der Waals surface area contributed by atoms with Crippen LogP contribution < -0.4 is 20.7 Å². The number of urea groups is 1. The third-order valence-corrected chi connectivity index (χ3v) is 4.30. The van der Waals surface area contributed by atoms with Crippen molar-refractivity contribution in [1.82, 2.24) is 10.6 Å². The second kappa shape index (κ2) is 8.05. The summed E-state index contributed by atoms with van der Waals surface area (Å²) in [6.07, 6.45) is 1.54. The molecule has 1 aliphatic heterocycles. The number of halogens is 1. The molecule has 0 aliphatic carbocycles. The van der Waals surface area contributed by atoms with E-state index >= 15 is 0 Å². The lowest BCUT2D eigenvalue weighted by Gasteiger charge is -2.10. The Morgan fingerprint density at radius 3 is 2.52 bits per heavy atom. The van der Waals surface area contributed by atoms with Gasteiger partial charge in [0.25, 0.3) is 11.8 Å². The van der Waals surface area contributed by atoms with Crippen molar-refractivity contribution in [2.24, 2.45) is 0 Å². The number of hydrogen-bond donors (Lipinski definition) is 3. The van der Waals surface area contributed by atoms with E-state index in [0.717, 1.165) is 5.56 Å². The van der Waals surface area contributed by atoms with E-state index in [0.29, 0.717) is 21.5 Å². The van der Waals surface area contributed by atoms with Gasteiger partial charge in [-0.15, -0.1) is 0 Å². The summed E-state index contributed by atoms with van der Waals surface area (Å²) in [6.45, 7) is 1.82. The fourth-order valence-corrected chi connectivity index (χ4v) is 2.86. The van der Waals surface area contributed by atoms with Gasteiger partial charge in [-0.1, -0.05) is 23.8 Å². The molecule has 2 aromatic carbocycles. The number of carbonyl (C=O) groups excluding carboxylic acids is 3. The van der Waals surface area contributed by atoms with Crippen molar-refractivity contribution >= 4 is 45.5 Å². The Labute approximate surface area is 163 Å². The molecule has 2 aromatic rings. The SMILES string of the molecule is Cc1ccc(NC(=O)COc2ccc(C=C3NC(=O)NC3=O)cc2Br)cc1. The number of ether oxygens (including phenoxy) is 1. The van der Waals surface area contributed by atoms with Gasteiger partial charge in [0.15, 0.2) is 6.61 Å². The molecule has 0 aromatic heterocycles. The highest BCUT2D eigenvalue weighted by Gasteiger charge is 2.22. The van der Waals surface area contributed by atoms with Crippen LogP contribution in [0.1, 0.15) is 11.1 Å². The standard InChI is InChI=1S/C19H16BrN3O4/c1-11-2-5-13(6-3-11)21-17(24)10-27-16-7-4-12(8-14(16)20)9-15-18(25)23-19(26)22-15/h2-9H,10H2,1H3,(H,21,24)(H2,22,23,25,26). The van der Waals surface area contributed by atoms with Crippen molar-refractivity contribution in [1.29, 1.82) is 0 Å². The minimum absolute atomic E-state index is 0.147. The molecule has 0 spiro atoms. The van der Waals surface area contributed by atoms with Crippen LogP contribution in [-0.2, 0) is 9.59 Å². The number of hydrogen-bond acceptors (Lipinski definition) is 4. The lowest BCUT2D eigenvalue weighted by molar-refractivity contribution is -0.118. The van der Waals surface area contributed by atoms with Gasteiger partial charge in [0, 0.05) is 5.69 Å². The Morgan fingerprint density at radius 1 is 1.15 bits per heavy atom. The van der Waals surface area contributed by atoms with E-state index in [1.807, 2.05) is 31.2 Å². The molecule has 138 valence electrons. The molecule has 0 radical (unpaired) electrons. The number of benzene rings is 2. The van der Waals surface area contributed by atoms with Gasteiger partial charge >= 0.3 is 6.03 Å². The Bertz CT molecular complexity index is 938. The fraction of sp³-hybridized carbons (Fsp3) is 0.105. The van der Waals surface area contributed by atoms with E-state index in [1.165, 1.54) is 0 Å². The highest BCUT2D eigenvalue weighted by molar-refractivity contribution is 9.10. The molecule has 1 heterocycles. The van der Waals surface area contributed by atoms with E-state index in [-0.39, 0.29) is 18.2 Å². The third-order valence-electron chi connectivity index (χ3n) is 3.68. The predicted octanol–water partition coefficient (Wildman–Crippen LogP) is 2.96. The summed E-state index contributed by atoms with van der Waals surface area (Å²) < 4.78 is 6.14. The molecule has 4 amide bonds. The van der Waals surface area contributed by atoms with Crippen molar-refractivity contribution in [3.8, 4) is 5.75 Å². The monoisotopic (exact) mass is 429 g/mol. The number of amides is 4. The maximum absolute atomic E-state index is 12.0. The lowest BCUT2D eigenvalue weighted by atomic mass is 10.2. The zero-order valence-corrected chi connectivity index (χ0v) is 15.9. The largest absolute Gasteiger partial charge is 0.483 e. The molecule has 7 nitrogen and oxygen atoms in total. The van der Waals surface area contributed by atoms with Crippen LogP contribution in [0, 0.1) is 6.92 Å². The molecule has 8 heteroatoms. The van der Waals surface area contributed by atoms with Crippen molar-refractivity contribution in [2.75, 3.05) is 11.9 Å². The zero-order valence-electron chi connectivity index (χ0n) is 14.3. The molecule has 0 unspecified atom stereocenters. The van der Waals surface area contributed by atoms with Gasteiger partial charge < -0.3 is 15.4 Å². The van der Waals surface area contributed by atoms with Crippen LogP contribution in [0.4, 0.5) is 10.5 Å². The number of rotatable bonds is 5. The van der Waals surface area contributed by atoms with Gasteiger partial charge in [0.05, 0.1) is 4.47 Å². The number of imide groups is 1. The summed E-state index contributed by atoms with van der Waals surface area (Å²) in [6, 6.07) is 12.0. The van der Waals surface area contributed by atoms with Crippen LogP contribution in [0.5, 0.6) is 5.75 Å². The average Bonchev–Trinajstić information content (AvgIpc) is 2.93. The summed E-state index contributed by atoms with van der Waals surface area (Å²) in [7, 11) is 0. The number of aryl methyl sites for hydroxylation is 1. The minimum Gasteiger partial charge on any atom is -0.483 e. The summed E-state index contributed by atoms with van der Waals surface area (Å²) in [5.74, 6) is -0.275. The van der Waals surface area contributed by atoms with Crippen molar-refractivity contribution in [3.63, 3.8) is 0 Å². The van der Waals surface area contributed by atoms with E-state index in [1.54, 1.807) is 24.3 Å². The van der Waals surface area contributed by atoms with Crippen LogP contribution in [0.2, 0.25) is 0 Å². The van der Waals surface area contributed by atoms with E-state index in [4.69, 9.17) is 4.74 Å². The maximum Gasteiger partial charge on any atom is 0.326 e. The van der Waals surface area contributed by atoms with Crippen LogP contribution >= 0.6 is 15.9 Å².